The Morgan fingerprint density at radius 1 is 1.07 bits per heavy atom. The number of nitrogens with zero attached hydrogens (tertiary/aromatic N) is 2. The fourth-order valence-corrected chi connectivity index (χ4v) is 1.37. The molecule has 0 fully saturated rings. The summed E-state index contributed by atoms with van der Waals surface area (Å²) in [5.74, 6) is -3.46. The Kier molecular flexibility index (Phi) is 2.63. The van der Waals surface area contributed by atoms with E-state index in [1.54, 1.807) is 22.6 Å². The zero-order chi connectivity index (χ0) is 11.0. The molecule has 0 N–H and O–H groups in total. The second-order valence-corrected chi connectivity index (χ2v) is 3.53. The molecule has 0 unspecified atom stereocenters. The zero-order valence-corrected chi connectivity index (χ0v) is 9.13. The van der Waals surface area contributed by atoms with E-state index in [-0.39, 0.29) is 9.79 Å². The van der Waals surface area contributed by atoms with Crippen LogP contribution < -0.4 is 0 Å². The van der Waals surface area contributed by atoms with Gasteiger partial charge in [-0.3, -0.25) is 0 Å². The first-order chi connectivity index (χ1) is 7.08. The molecule has 0 aliphatic carbocycles. The highest BCUT2D eigenvalue weighted by molar-refractivity contribution is 14.1. The van der Waals surface area contributed by atoms with Crippen LogP contribution in [0.4, 0.5) is 13.2 Å². The van der Waals surface area contributed by atoms with E-state index in [0.717, 1.165) is 0 Å². The molecule has 7 heteroatoms. The average molecular weight is 326 g/mol. The van der Waals surface area contributed by atoms with E-state index in [0.29, 0.717) is 12.1 Å². The van der Waals surface area contributed by atoms with Gasteiger partial charge in [0.1, 0.15) is 23.0 Å². The van der Waals surface area contributed by atoms with E-state index in [1.807, 2.05) is 0 Å². The number of benzene rings is 1. The smallest absolute Gasteiger partial charge is 0.278 e. The van der Waals surface area contributed by atoms with Gasteiger partial charge in [0.25, 0.3) is 9.79 Å². The van der Waals surface area contributed by atoms with Crippen LogP contribution >= 0.6 is 22.6 Å². The fourth-order valence-electron chi connectivity index (χ4n) is 1.05. The molecule has 0 aliphatic heterocycles. The van der Waals surface area contributed by atoms with Crippen LogP contribution in [-0.4, -0.2) is 10.2 Å². The van der Waals surface area contributed by atoms with Gasteiger partial charge >= 0.3 is 0 Å². The van der Waals surface area contributed by atoms with E-state index < -0.39 is 23.0 Å². The Bertz CT molecular complexity index is 491. The van der Waals surface area contributed by atoms with Crippen molar-refractivity contribution in [2.75, 3.05) is 0 Å². The van der Waals surface area contributed by atoms with Gasteiger partial charge in [0.15, 0.2) is 0 Å². The number of hydrogen-bond acceptors (Lipinski definition) is 3. The lowest BCUT2D eigenvalue weighted by atomic mass is 10.2. The van der Waals surface area contributed by atoms with Crippen LogP contribution in [0.3, 0.4) is 0 Å². The summed E-state index contributed by atoms with van der Waals surface area (Å²) in [6.07, 6.45) is 0. The Labute approximate surface area is 95.4 Å². The molecule has 1 heterocycles. The first-order valence-electron chi connectivity index (χ1n) is 3.72. The van der Waals surface area contributed by atoms with Crippen LogP contribution in [0.5, 0.6) is 0 Å². The van der Waals surface area contributed by atoms with Gasteiger partial charge in [-0.1, -0.05) is 0 Å². The third-order valence-electron chi connectivity index (χ3n) is 1.62. The monoisotopic (exact) mass is 326 g/mol. The van der Waals surface area contributed by atoms with Crippen molar-refractivity contribution >= 4 is 22.6 Å². The van der Waals surface area contributed by atoms with Gasteiger partial charge in [0, 0.05) is 34.7 Å². The van der Waals surface area contributed by atoms with Crippen LogP contribution in [0, 0.1) is 21.3 Å². The zero-order valence-electron chi connectivity index (χ0n) is 6.97. The molecule has 0 bridgehead atoms. The van der Waals surface area contributed by atoms with E-state index >= 15 is 0 Å². The van der Waals surface area contributed by atoms with Crippen LogP contribution in [-0.2, 0) is 0 Å². The molecule has 15 heavy (non-hydrogen) atoms. The van der Waals surface area contributed by atoms with Gasteiger partial charge < -0.3 is 4.42 Å². The van der Waals surface area contributed by atoms with Crippen LogP contribution in [0.15, 0.2) is 16.5 Å². The lowest BCUT2D eigenvalue weighted by Crippen LogP contribution is -1.92. The quantitative estimate of drug-likeness (QED) is 0.757. The number of halogens is 4. The summed E-state index contributed by atoms with van der Waals surface area (Å²) in [6, 6.07) is 1.10. The van der Waals surface area contributed by atoms with Crippen molar-refractivity contribution in [3.63, 3.8) is 0 Å². The van der Waals surface area contributed by atoms with Crippen molar-refractivity contribution in [1.82, 2.24) is 10.2 Å². The predicted octanol–water partition coefficient (Wildman–Crippen LogP) is 2.76. The molecule has 1 aromatic carbocycles. The Balaban J connectivity index is 2.62. The van der Waals surface area contributed by atoms with E-state index in [9.17, 15) is 13.2 Å². The minimum Gasteiger partial charge on any atom is -0.411 e. The average Bonchev–Trinajstić information content (AvgIpc) is 2.49. The normalized spacial score (nSPS) is 10.7. The predicted molar refractivity (Wildman–Crippen MR) is 52.3 cm³/mol. The standard InChI is InChI=1S/C8H2F3IN2O/c9-3-1-4(10)6(5(11)2-3)7-13-14-8(12)15-7/h1-2H. The molecule has 0 spiro atoms. The number of hydrogen-bond donors (Lipinski definition) is 0. The minimum atomic E-state index is -1.08. The van der Waals surface area contributed by atoms with Gasteiger partial charge in [-0.25, -0.2) is 13.2 Å². The summed E-state index contributed by atoms with van der Waals surface area (Å²) in [6.45, 7) is 0. The van der Waals surface area contributed by atoms with Crippen LogP contribution in [0.2, 0.25) is 0 Å². The van der Waals surface area contributed by atoms with Crippen molar-refractivity contribution in [3.05, 3.63) is 33.5 Å². The molecule has 0 atom stereocenters. The first kappa shape index (κ1) is 10.4. The summed E-state index contributed by atoms with van der Waals surface area (Å²) in [7, 11) is 0. The largest absolute Gasteiger partial charge is 0.411 e. The molecule has 2 rings (SSSR count). The van der Waals surface area contributed by atoms with Crippen molar-refractivity contribution in [2.45, 2.75) is 0 Å². The molecule has 78 valence electrons. The lowest BCUT2D eigenvalue weighted by molar-refractivity contribution is 0.510. The third kappa shape index (κ3) is 1.96. The highest BCUT2D eigenvalue weighted by atomic mass is 127. The van der Waals surface area contributed by atoms with Gasteiger partial charge in [-0.15, -0.1) is 10.2 Å². The molecule has 0 saturated heterocycles. The van der Waals surface area contributed by atoms with Crippen LogP contribution in [0.25, 0.3) is 11.5 Å². The highest BCUT2D eigenvalue weighted by Gasteiger charge is 2.18. The van der Waals surface area contributed by atoms with Gasteiger partial charge in [-0.2, -0.15) is 0 Å². The molecule has 1 aromatic heterocycles. The molecule has 3 nitrogen and oxygen atoms in total. The van der Waals surface area contributed by atoms with Crippen molar-refractivity contribution in [2.24, 2.45) is 0 Å². The molecule has 0 saturated carbocycles. The highest BCUT2D eigenvalue weighted by Crippen LogP contribution is 2.25. The topological polar surface area (TPSA) is 38.9 Å². The third-order valence-corrected chi connectivity index (χ3v) is 2.06. The SMILES string of the molecule is Fc1cc(F)c(-c2nnc(I)o2)c(F)c1. The Hall–Kier alpha value is -1.12. The lowest BCUT2D eigenvalue weighted by Gasteiger charge is -1.99. The maximum Gasteiger partial charge on any atom is 0.278 e. The van der Waals surface area contributed by atoms with Crippen molar-refractivity contribution in [1.29, 1.82) is 0 Å². The van der Waals surface area contributed by atoms with Gasteiger partial charge in [0.05, 0.1) is 0 Å². The Morgan fingerprint density at radius 3 is 2.13 bits per heavy atom. The maximum atomic E-state index is 13.2. The maximum absolute atomic E-state index is 13.2. The molecule has 2 aromatic rings. The van der Waals surface area contributed by atoms with Crippen molar-refractivity contribution < 1.29 is 17.6 Å². The van der Waals surface area contributed by atoms with E-state index in [2.05, 4.69) is 10.2 Å². The minimum absolute atomic E-state index is 0.144. The second kappa shape index (κ2) is 3.80. The molecule has 0 aliphatic rings. The summed E-state index contributed by atoms with van der Waals surface area (Å²) in [5, 5.41) is 6.85. The van der Waals surface area contributed by atoms with Crippen LogP contribution in [0.1, 0.15) is 0 Å². The number of aromatic nitrogens is 2. The van der Waals surface area contributed by atoms with Crippen molar-refractivity contribution in [3.8, 4) is 11.5 Å². The summed E-state index contributed by atoms with van der Waals surface area (Å²) in [5.41, 5.74) is -0.521. The van der Waals surface area contributed by atoms with E-state index in [4.69, 9.17) is 4.42 Å². The number of rotatable bonds is 1. The summed E-state index contributed by atoms with van der Waals surface area (Å²) >= 11 is 1.70. The molecular formula is C8H2F3IN2O. The van der Waals surface area contributed by atoms with Gasteiger partial charge in [0.2, 0.25) is 0 Å². The summed E-state index contributed by atoms with van der Waals surface area (Å²) < 4.78 is 44.0. The molecule has 0 radical (unpaired) electrons. The second-order valence-electron chi connectivity index (χ2n) is 2.60. The molecule has 0 amide bonds. The van der Waals surface area contributed by atoms with E-state index in [1.165, 1.54) is 0 Å². The fraction of sp³-hybridized carbons (Fsp3) is 0. The Morgan fingerprint density at radius 2 is 1.67 bits per heavy atom. The van der Waals surface area contributed by atoms with Gasteiger partial charge in [-0.05, 0) is 0 Å². The first-order valence-corrected chi connectivity index (χ1v) is 4.79. The summed E-state index contributed by atoms with van der Waals surface area (Å²) in [4.78, 5) is 0. The molecular weight excluding hydrogens is 324 g/mol.